The van der Waals surface area contributed by atoms with E-state index in [1.807, 2.05) is 24.3 Å². The SMILES string of the molecule is O=C(Nc1cccc2cccnc12)c1ccc(Nc2cccc(F)c2)nc1. The fourth-order valence-electron chi connectivity index (χ4n) is 2.72. The number of para-hydroxylation sites is 1. The Balaban J connectivity index is 1.51. The molecule has 0 spiro atoms. The molecule has 2 aromatic carbocycles. The van der Waals surface area contributed by atoms with Crippen molar-refractivity contribution in [2.45, 2.75) is 0 Å². The highest BCUT2D eigenvalue weighted by molar-refractivity contribution is 6.08. The number of halogens is 1. The highest BCUT2D eigenvalue weighted by atomic mass is 19.1. The van der Waals surface area contributed by atoms with Crippen molar-refractivity contribution in [2.24, 2.45) is 0 Å². The number of aromatic nitrogens is 2. The van der Waals surface area contributed by atoms with Gasteiger partial charge in [0.05, 0.1) is 16.8 Å². The minimum absolute atomic E-state index is 0.280. The van der Waals surface area contributed by atoms with Gasteiger partial charge >= 0.3 is 0 Å². The summed E-state index contributed by atoms with van der Waals surface area (Å²) in [5.41, 5.74) is 2.36. The van der Waals surface area contributed by atoms with Gasteiger partial charge in [-0.3, -0.25) is 9.78 Å². The summed E-state index contributed by atoms with van der Waals surface area (Å²) < 4.78 is 13.2. The summed E-state index contributed by atoms with van der Waals surface area (Å²) in [6.45, 7) is 0. The Hall–Kier alpha value is -3.80. The van der Waals surface area contributed by atoms with Crippen LogP contribution in [-0.2, 0) is 0 Å². The summed E-state index contributed by atoms with van der Waals surface area (Å²) in [7, 11) is 0. The Morgan fingerprint density at radius 3 is 2.59 bits per heavy atom. The zero-order chi connectivity index (χ0) is 18.6. The molecule has 0 fully saturated rings. The van der Waals surface area contributed by atoms with Crippen LogP contribution in [0.3, 0.4) is 0 Å². The third-order valence-electron chi connectivity index (χ3n) is 4.00. The van der Waals surface area contributed by atoms with Crippen LogP contribution in [0.2, 0.25) is 0 Å². The number of amides is 1. The molecular formula is C21H15FN4O. The van der Waals surface area contributed by atoms with Crippen molar-refractivity contribution in [3.05, 3.63) is 90.5 Å². The molecule has 5 nitrogen and oxygen atoms in total. The fourth-order valence-corrected chi connectivity index (χ4v) is 2.72. The third kappa shape index (κ3) is 3.74. The molecule has 0 aliphatic carbocycles. The third-order valence-corrected chi connectivity index (χ3v) is 4.00. The van der Waals surface area contributed by atoms with Crippen molar-refractivity contribution in [3.63, 3.8) is 0 Å². The van der Waals surface area contributed by atoms with E-state index in [0.717, 1.165) is 10.9 Å². The fraction of sp³-hybridized carbons (Fsp3) is 0. The molecule has 0 unspecified atom stereocenters. The minimum Gasteiger partial charge on any atom is -0.340 e. The first-order valence-electron chi connectivity index (χ1n) is 8.33. The zero-order valence-electron chi connectivity index (χ0n) is 14.2. The van der Waals surface area contributed by atoms with Gasteiger partial charge in [0, 0.05) is 23.5 Å². The molecule has 2 N–H and O–H groups in total. The van der Waals surface area contributed by atoms with E-state index in [1.165, 1.54) is 18.3 Å². The molecule has 1 amide bonds. The maximum atomic E-state index is 13.2. The van der Waals surface area contributed by atoms with Crippen LogP contribution in [0.1, 0.15) is 10.4 Å². The maximum absolute atomic E-state index is 13.2. The predicted octanol–water partition coefficient (Wildman–Crippen LogP) is 4.76. The van der Waals surface area contributed by atoms with Gasteiger partial charge in [-0.05, 0) is 42.5 Å². The standard InChI is InChI=1S/C21H15FN4O/c22-16-6-2-7-17(12-16)25-19-10-9-15(13-24-19)21(27)26-18-8-1-4-14-5-3-11-23-20(14)18/h1-13H,(H,24,25)(H,26,27). The molecular weight excluding hydrogens is 343 g/mol. The number of benzene rings is 2. The van der Waals surface area contributed by atoms with E-state index in [9.17, 15) is 9.18 Å². The summed E-state index contributed by atoms with van der Waals surface area (Å²) in [5.74, 6) is -0.0957. The first-order valence-corrected chi connectivity index (χ1v) is 8.33. The molecule has 6 heteroatoms. The lowest BCUT2D eigenvalue weighted by Crippen LogP contribution is -2.12. The number of hydrogen-bond donors (Lipinski definition) is 2. The van der Waals surface area contributed by atoms with Crippen LogP contribution in [0.25, 0.3) is 10.9 Å². The zero-order valence-corrected chi connectivity index (χ0v) is 14.2. The summed E-state index contributed by atoms with van der Waals surface area (Å²) in [4.78, 5) is 21.1. The summed E-state index contributed by atoms with van der Waals surface area (Å²) in [6, 6.07) is 18.8. The van der Waals surface area contributed by atoms with Gasteiger partial charge in [0.15, 0.2) is 0 Å². The van der Waals surface area contributed by atoms with Gasteiger partial charge in [-0.1, -0.05) is 24.3 Å². The van der Waals surface area contributed by atoms with E-state index in [-0.39, 0.29) is 11.7 Å². The molecule has 2 aromatic heterocycles. The second-order valence-electron chi connectivity index (χ2n) is 5.90. The van der Waals surface area contributed by atoms with Gasteiger partial charge in [-0.25, -0.2) is 9.37 Å². The average molecular weight is 358 g/mol. The number of nitrogens with one attached hydrogen (secondary N) is 2. The molecule has 27 heavy (non-hydrogen) atoms. The minimum atomic E-state index is -0.334. The number of fused-ring (bicyclic) bond motifs is 1. The Morgan fingerprint density at radius 2 is 1.78 bits per heavy atom. The molecule has 4 aromatic rings. The lowest BCUT2D eigenvalue weighted by molar-refractivity contribution is 0.102. The lowest BCUT2D eigenvalue weighted by Gasteiger charge is -2.09. The predicted molar refractivity (Wildman–Crippen MR) is 104 cm³/mol. The van der Waals surface area contributed by atoms with Crippen molar-refractivity contribution in [2.75, 3.05) is 10.6 Å². The molecule has 0 atom stereocenters. The van der Waals surface area contributed by atoms with E-state index >= 15 is 0 Å². The Labute approximate surface area is 154 Å². The Morgan fingerprint density at radius 1 is 0.926 bits per heavy atom. The van der Waals surface area contributed by atoms with Gasteiger partial charge in [-0.2, -0.15) is 0 Å². The van der Waals surface area contributed by atoms with Crippen molar-refractivity contribution >= 4 is 34.0 Å². The summed E-state index contributed by atoms with van der Waals surface area (Å²) >= 11 is 0. The van der Waals surface area contributed by atoms with Gasteiger partial charge < -0.3 is 10.6 Å². The number of carbonyl (C=O) groups is 1. The quantitative estimate of drug-likeness (QED) is 0.552. The highest BCUT2D eigenvalue weighted by Crippen LogP contribution is 2.21. The van der Waals surface area contributed by atoms with Crippen LogP contribution in [0.4, 0.5) is 21.6 Å². The normalized spacial score (nSPS) is 10.6. The van der Waals surface area contributed by atoms with Crippen LogP contribution in [0.5, 0.6) is 0 Å². The van der Waals surface area contributed by atoms with Crippen molar-refractivity contribution < 1.29 is 9.18 Å². The molecule has 0 aliphatic heterocycles. The van der Waals surface area contributed by atoms with E-state index < -0.39 is 0 Å². The van der Waals surface area contributed by atoms with E-state index in [1.54, 1.807) is 36.5 Å². The number of hydrogen-bond acceptors (Lipinski definition) is 4. The van der Waals surface area contributed by atoms with E-state index in [4.69, 9.17) is 0 Å². The Bertz CT molecular complexity index is 1110. The van der Waals surface area contributed by atoms with Crippen molar-refractivity contribution in [3.8, 4) is 0 Å². The largest absolute Gasteiger partial charge is 0.340 e. The molecule has 0 saturated carbocycles. The van der Waals surface area contributed by atoms with Crippen LogP contribution in [0.15, 0.2) is 79.1 Å². The highest BCUT2D eigenvalue weighted by Gasteiger charge is 2.10. The van der Waals surface area contributed by atoms with Crippen molar-refractivity contribution in [1.29, 1.82) is 0 Å². The monoisotopic (exact) mass is 358 g/mol. The number of rotatable bonds is 4. The maximum Gasteiger partial charge on any atom is 0.257 e. The Kier molecular flexibility index (Phi) is 4.45. The number of carbonyl (C=O) groups excluding carboxylic acids is 1. The van der Waals surface area contributed by atoms with Crippen LogP contribution < -0.4 is 10.6 Å². The second kappa shape index (κ2) is 7.21. The molecule has 0 saturated heterocycles. The molecule has 0 bridgehead atoms. The topological polar surface area (TPSA) is 66.9 Å². The second-order valence-corrected chi connectivity index (χ2v) is 5.90. The molecule has 4 rings (SSSR count). The molecule has 0 aliphatic rings. The first-order chi connectivity index (χ1) is 13.2. The number of nitrogens with zero attached hydrogens (tertiary/aromatic N) is 2. The van der Waals surface area contributed by atoms with Gasteiger partial charge in [0.2, 0.25) is 0 Å². The molecule has 132 valence electrons. The van der Waals surface area contributed by atoms with Crippen molar-refractivity contribution in [1.82, 2.24) is 9.97 Å². The lowest BCUT2D eigenvalue weighted by atomic mass is 10.2. The smallest absolute Gasteiger partial charge is 0.257 e. The van der Waals surface area contributed by atoms with Gasteiger partial charge in [0.1, 0.15) is 11.6 Å². The average Bonchev–Trinajstić information content (AvgIpc) is 2.69. The van der Waals surface area contributed by atoms with Crippen LogP contribution >= 0.6 is 0 Å². The number of pyridine rings is 2. The first kappa shape index (κ1) is 16.7. The van der Waals surface area contributed by atoms with Gasteiger partial charge in [-0.15, -0.1) is 0 Å². The van der Waals surface area contributed by atoms with E-state index in [2.05, 4.69) is 20.6 Å². The number of anilines is 3. The summed E-state index contributed by atoms with van der Waals surface area (Å²) in [6.07, 6.45) is 3.15. The molecule has 2 heterocycles. The summed E-state index contributed by atoms with van der Waals surface area (Å²) in [5, 5.41) is 6.81. The molecule has 0 radical (unpaired) electrons. The van der Waals surface area contributed by atoms with Crippen LogP contribution in [0, 0.1) is 5.82 Å². The van der Waals surface area contributed by atoms with Crippen LogP contribution in [-0.4, -0.2) is 15.9 Å². The van der Waals surface area contributed by atoms with E-state index in [0.29, 0.717) is 22.8 Å². The van der Waals surface area contributed by atoms with Gasteiger partial charge in [0.25, 0.3) is 5.91 Å².